The van der Waals surface area contributed by atoms with Crippen LogP contribution in [0, 0.1) is 5.41 Å². The lowest BCUT2D eigenvalue weighted by atomic mass is 9.87. The maximum atomic E-state index is 12.7. The molecule has 360 valence electrons. The molecule has 1 saturated heterocycles. The van der Waals surface area contributed by atoms with E-state index in [1.807, 2.05) is 43.4 Å². The molecule has 0 bridgehead atoms. The number of allylic oxidation sites excluding steroid dienone is 6. The average molecular weight is 988 g/mol. The van der Waals surface area contributed by atoms with E-state index in [9.17, 15) is 63.0 Å². The maximum Gasteiger partial charge on any atom is 0.481 e. The molecule has 64 heavy (non-hydrogen) atoms. The molecule has 2 aromatic rings. The van der Waals surface area contributed by atoms with Crippen molar-refractivity contribution < 1.29 is 85.6 Å². The molecule has 0 saturated carbocycles. The summed E-state index contributed by atoms with van der Waals surface area (Å²) in [6.07, 6.45) is 6.91. The van der Waals surface area contributed by atoms with Crippen molar-refractivity contribution >= 4 is 69.1 Å². The van der Waals surface area contributed by atoms with Gasteiger partial charge in [0.1, 0.15) is 36.3 Å². The number of thioether (sulfide) groups is 1. The van der Waals surface area contributed by atoms with Crippen LogP contribution in [0.4, 0.5) is 5.82 Å². The first kappa shape index (κ1) is 55.1. The Morgan fingerprint density at radius 3 is 2.41 bits per heavy atom. The molecule has 11 N–H and O–H groups in total. The topological polar surface area (TPSA) is 384 Å². The summed E-state index contributed by atoms with van der Waals surface area (Å²) in [6, 6.07) is 0. The minimum absolute atomic E-state index is 0.0115. The van der Waals surface area contributed by atoms with E-state index < -0.39 is 90.7 Å². The number of amides is 2. The first-order valence-corrected chi connectivity index (χ1v) is 25.1. The van der Waals surface area contributed by atoms with Gasteiger partial charge in [0.05, 0.1) is 25.6 Å². The van der Waals surface area contributed by atoms with Gasteiger partial charge < -0.3 is 56.0 Å². The molecule has 3 rings (SSSR count). The Hall–Kier alpha value is -3.26. The summed E-state index contributed by atoms with van der Waals surface area (Å²) in [5, 5.41) is 36.4. The fourth-order valence-corrected chi connectivity index (χ4v) is 9.28. The van der Waals surface area contributed by atoms with Gasteiger partial charge in [0.25, 0.3) is 0 Å². The molecule has 0 radical (unpaired) electrons. The van der Waals surface area contributed by atoms with Crippen molar-refractivity contribution in [3.05, 3.63) is 49.1 Å². The number of ether oxygens (including phenoxy) is 1. The highest BCUT2D eigenvalue weighted by molar-refractivity contribution is 8.13. The van der Waals surface area contributed by atoms with Crippen molar-refractivity contribution in [3.63, 3.8) is 0 Å². The maximum absolute atomic E-state index is 12.7. The number of nitrogen functional groups attached to an aromatic ring is 1. The summed E-state index contributed by atoms with van der Waals surface area (Å²) >= 11 is 0.971. The number of anilines is 1. The molecule has 0 aromatic carbocycles. The summed E-state index contributed by atoms with van der Waals surface area (Å²) in [7, 11) is -16.4. The normalized spacial score (nSPS) is 21.3. The number of imidazole rings is 1. The average Bonchev–Trinajstić information content (AvgIpc) is 3.76. The number of aliphatic hydroxyl groups is 3. The fraction of sp³-hybridized carbons (Fsp3) is 0.600. The summed E-state index contributed by atoms with van der Waals surface area (Å²) in [5.74, 6) is -1.26. The molecule has 29 heteroatoms. The largest absolute Gasteiger partial charge is 0.481 e. The van der Waals surface area contributed by atoms with Crippen LogP contribution in [0.1, 0.15) is 65.5 Å². The number of phosphoric acid groups is 3. The lowest BCUT2D eigenvalue weighted by Gasteiger charge is -2.30. The van der Waals surface area contributed by atoms with E-state index in [4.69, 9.17) is 19.5 Å². The highest BCUT2D eigenvalue weighted by Crippen LogP contribution is 2.61. The number of phosphoric ester groups is 3. The van der Waals surface area contributed by atoms with Crippen LogP contribution in [0.15, 0.2) is 49.1 Å². The van der Waals surface area contributed by atoms with Gasteiger partial charge >= 0.3 is 23.5 Å². The summed E-state index contributed by atoms with van der Waals surface area (Å²) in [5.41, 5.74) is 4.24. The molecule has 1 aliphatic heterocycles. The number of hydrogen-bond donors (Lipinski definition) is 10. The van der Waals surface area contributed by atoms with Crippen molar-refractivity contribution in [1.29, 1.82) is 0 Å². The van der Waals surface area contributed by atoms with Crippen LogP contribution in [0.2, 0.25) is 0 Å². The van der Waals surface area contributed by atoms with Gasteiger partial charge in [-0.25, -0.2) is 28.6 Å². The van der Waals surface area contributed by atoms with E-state index in [1.165, 1.54) is 13.8 Å². The van der Waals surface area contributed by atoms with Gasteiger partial charge in [0.15, 0.2) is 22.8 Å². The lowest BCUT2D eigenvalue weighted by molar-refractivity contribution is -0.137. The van der Waals surface area contributed by atoms with Gasteiger partial charge in [-0.3, -0.25) is 32.5 Å². The number of rotatable bonds is 28. The molecule has 3 heterocycles. The predicted octanol–water partition coefficient (Wildman–Crippen LogP) is 1.66. The zero-order valence-electron chi connectivity index (χ0n) is 35.1. The smallest absolute Gasteiger partial charge is 0.393 e. The molecule has 1 fully saturated rings. The Morgan fingerprint density at radius 1 is 1.00 bits per heavy atom. The van der Waals surface area contributed by atoms with Gasteiger partial charge in [-0.05, 0) is 26.2 Å². The number of hydrogen-bond acceptors (Lipinski definition) is 19. The number of aromatic nitrogens is 4. The second kappa shape index (κ2) is 25.6. The molecular formula is C35H56N7O18P3S. The van der Waals surface area contributed by atoms with Gasteiger partial charge in [0, 0.05) is 37.1 Å². The van der Waals surface area contributed by atoms with Gasteiger partial charge in [-0.1, -0.05) is 68.5 Å². The van der Waals surface area contributed by atoms with Crippen LogP contribution in [-0.2, 0) is 50.7 Å². The Labute approximate surface area is 372 Å². The number of unbranched alkanes of at least 4 members (excludes halogenated alkanes) is 2. The van der Waals surface area contributed by atoms with Crippen LogP contribution in [0.25, 0.3) is 11.2 Å². The summed E-state index contributed by atoms with van der Waals surface area (Å²) in [6.45, 7) is 2.28. The molecule has 1 aliphatic rings. The zero-order chi connectivity index (χ0) is 47.7. The highest BCUT2D eigenvalue weighted by atomic mass is 32.2. The summed E-state index contributed by atoms with van der Waals surface area (Å²) < 4.78 is 62.3. The number of carbonyl (C=O) groups excluding carboxylic acids is 3. The number of carbonyl (C=O) groups is 3. The number of nitrogens with zero attached hydrogens (tertiary/aromatic N) is 4. The zero-order valence-corrected chi connectivity index (χ0v) is 38.6. The minimum Gasteiger partial charge on any atom is -0.393 e. The van der Waals surface area contributed by atoms with E-state index in [0.29, 0.717) is 6.42 Å². The molecule has 25 nitrogen and oxygen atoms in total. The third-order valence-electron chi connectivity index (χ3n) is 8.99. The number of nitrogens with one attached hydrogen (secondary N) is 2. The second-order valence-corrected chi connectivity index (χ2v) is 20.2. The Balaban J connectivity index is 1.38. The molecule has 2 amide bonds. The van der Waals surface area contributed by atoms with Crippen molar-refractivity contribution in [2.45, 2.75) is 96.0 Å². The van der Waals surface area contributed by atoms with Crippen molar-refractivity contribution in [2.24, 2.45) is 5.41 Å². The second-order valence-electron chi connectivity index (χ2n) is 14.8. The van der Waals surface area contributed by atoms with E-state index in [-0.39, 0.29) is 53.8 Å². The summed E-state index contributed by atoms with van der Waals surface area (Å²) in [4.78, 5) is 88.1. The highest BCUT2D eigenvalue weighted by Gasteiger charge is 2.50. The lowest BCUT2D eigenvalue weighted by Crippen LogP contribution is -2.46. The van der Waals surface area contributed by atoms with Gasteiger partial charge in [-0.15, -0.1) is 0 Å². The van der Waals surface area contributed by atoms with Crippen LogP contribution < -0.4 is 16.4 Å². The van der Waals surface area contributed by atoms with E-state index in [1.54, 1.807) is 0 Å². The number of aliphatic hydroxyl groups excluding tert-OH is 3. The predicted molar refractivity (Wildman–Crippen MR) is 229 cm³/mol. The molecular weight excluding hydrogens is 931 g/mol. The SMILES string of the molecule is C/C=C/C=C/C=C/CCCCC(O)CC(=O)SCCNC(=O)CCNC(=O)C(O)C(C)(C)COP(=O)(O)OP(=O)(O)OCC1OC(n2cnc3c(N)ncnc32)C(O)C1OP(=O)(O)O. The first-order valence-electron chi connectivity index (χ1n) is 19.6. The van der Waals surface area contributed by atoms with Gasteiger partial charge in [0.2, 0.25) is 11.8 Å². The van der Waals surface area contributed by atoms with E-state index in [0.717, 1.165) is 48.2 Å². The van der Waals surface area contributed by atoms with Crippen LogP contribution in [0.3, 0.4) is 0 Å². The van der Waals surface area contributed by atoms with Crippen LogP contribution in [0.5, 0.6) is 0 Å². The molecule has 8 atom stereocenters. The van der Waals surface area contributed by atoms with Crippen molar-refractivity contribution in [2.75, 3.05) is 37.8 Å². The minimum atomic E-state index is -5.59. The third-order valence-corrected chi connectivity index (χ3v) is 13.0. The molecule has 8 unspecified atom stereocenters. The van der Waals surface area contributed by atoms with Crippen LogP contribution >= 0.6 is 35.2 Å². The standard InChI is InChI=1S/C35H56N7O18P3S/c1-4-5-6-7-8-9-10-11-12-13-23(43)18-26(45)64-17-16-37-25(44)14-15-38-33(48)30(47)35(2,3)20-57-63(54,55)60-62(52,53)56-19-24-29(59-61(49,50)51)28(46)34(58-24)42-22-41-27-31(36)39-21-40-32(27)42/h4-9,21-24,28-30,34,43,46-47H,10-20H2,1-3H3,(H,37,44)(H,38,48)(H,52,53)(H,54,55)(H2,36,39,40)(H2,49,50,51)/b5-4+,7-6+,9-8+. The first-order chi connectivity index (χ1) is 29.9. The van der Waals surface area contributed by atoms with Crippen LogP contribution in [-0.4, -0.2) is 134 Å². The van der Waals surface area contributed by atoms with Gasteiger partial charge in [-0.2, -0.15) is 4.31 Å². The quantitative estimate of drug-likeness (QED) is 0.0329. The Kier molecular flexibility index (Phi) is 22.0. The van der Waals surface area contributed by atoms with E-state index >= 15 is 0 Å². The third kappa shape index (κ3) is 18.9. The number of fused-ring (bicyclic) bond motifs is 1. The molecule has 2 aromatic heterocycles. The van der Waals surface area contributed by atoms with Crippen molar-refractivity contribution in [3.8, 4) is 0 Å². The van der Waals surface area contributed by atoms with Crippen molar-refractivity contribution in [1.82, 2.24) is 30.2 Å². The number of nitrogens with two attached hydrogens (primary N) is 1. The molecule has 0 spiro atoms. The Morgan fingerprint density at radius 2 is 1.70 bits per heavy atom. The fourth-order valence-electron chi connectivity index (χ4n) is 5.70. The Bertz CT molecular complexity index is 2100. The van der Waals surface area contributed by atoms with E-state index in [2.05, 4.69) is 34.4 Å². The monoisotopic (exact) mass is 987 g/mol. The molecule has 0 aliphatic carbocycles.